The highest BCUT2D eigenvalue weighted by atomic mass is 31.2. The fourth-order valence-corrected chi connectivity index (χ4v) is 20.6. The normalized spacial score (nSPS) is 23.7. The van der Waals surface area contributed by atoms with Crippen LogP contribution in [0.4, 0.5) is 23.5 Å². The number of rotatable bonds is 38. The number of nitrogens with one attached hydrogen (secondary N) is 6. The molecular weight excluding hydrogens is 1820 g/mol. The molecule has 10 aromatic rings. The van der Waals surface area contributed by atoms with E-state index in [9.17, 15) is 49.5 Å². The maximum absolute atomic E-state index is 16.4. The predicted octanol–water partition coefficient (Wildman–Crippen LogP) is 9.80. The van der Waals surface area contributed by atoms with Crippen molar-refractivity contribution in [1.82, 2.24) is 78.1 Å². The van der Waals surface area contributed by atoms with Crippen LogP contribution in [0.5, 0.6) is 0 Å². The minimum Gasteiger partial charge on any atom is -0.408 e. The van der Waals surface area contributed by atoms with Crippen LogP contribution in [-0.2, 0) is 87.3 Å². The first-order chi connectivity index (χ1) is 62.7. The van der Waals surface area contributed by atoms with Gasteiger partial charge in [-0.2, -0.15) is 20.5 Å². The molecule has 2 unspecified atom stereocenters. The van der Waals surface area contributed by atoms with E-state index in [-0.39, 0.29) is 93.9 Å². The minimum absolute atomic E-state index is 0.0663. The number of phosphoric acid groups is 2. The molecule has 47 nitrogen and oxygen atoms in total. The van der Waals surface area contributed by atoms with Crippen molar-refractivity contribution in [2.75, 3.05) is 60.9 Å². The average Bonchev–Trinajstić information content (AvgIpc) is 1.60. The summed E-state index contributed by atoms with van der Waals surface area (Å²) < 4.78 is 146. The van der Waals surface area contributed by atoms with Crippen LogP contribution in [0.15, 0.2) is 108 Å². The Morgan fingerprint density at radius 3 is 1.25 bits per heavy atom. The first-order valence-corrected chi connectivity index (χ1v) is 52.3. The highest BCUT2D eigenvalue weighted by Crippen LogP contribution is 2.58. The number of nitriles is 2. The van der Waals surface area contributed by atoms with Gasteiger partial charge in [0.05, 0.1) is 89.9 Å². The zero-order valence-electron chi connectivity index (χ0n) is 74.4. The van der Waals surface area contributed by atoms with Crippen LogP contribution in [0, 0.1) is 34.5 Å². The van der Waals surface area contributed by atoms with Gasteiger partial charge in [-0.3, -0.25) is 108 Å². The number of phosphoric ester groups is 2. The zero-order chi connectivity index (χ0) is 94.7. The molecule has 0 radical (unpaired) electrons. The van der Waals surface area contributed by atoms with Crippen LogP contribution in [0.3, 0.4) is 0 Å². The highest BCUT2D eigenvalue weighted by molar-refractivity contribution is 7.48. The summed E-state index contributed by atoms with van der Waals surface area (Å²) in [5.74, 6) is -3.80. The highest BCUT2D eigenvalue weighted by Gasteiger charge is 2.58. The summed E-state index contributed by atoms with van der Waals surface area (Å²) in [4.78, 5) is 131. The van der Waals surface area contributed by atoms with E-state index in [0.717, 1.165) is 12.7 Å². The second-order valence-electron chi connectivity index (χ2n) is 35.1. The fourth-order valence-electron chi connectivity index (χ4n) is 14.2. The molecule has 8 N–H and O–H groups in total. The van der Waals surface area contributed by atoms with Gasteiger partial charge in [-0.05, 0) is 60.5 Å². The van der Waals surface area contributed by atoms with Gasteiger partial charge in [0.2, 0.25) is 23.7 Å². The predicted molar refractivity (Wildman–Crippen MR) is 474 cm³/mol. The Kier molecular flexibility index (Phi) is 29.9. The Morgan fingerprint density at radius 2 is 0.894 bits per heavy atom. The molecule has 132 heavy (non-hydrogen) atoms. The number of hydrogen-bond acceptors (Lipinski definition) is 37. The topological polar surface area (TPSA) is 599 Å². The molecule has 4 amide bonds. The quantitative estimate of drug-likeness (QED) is 0.0101. The lowest BCUT2D eigenvalue weighted by atomic mass is 10.1. The van der Waals surface area contributed by atoms with E-state index in [1.165, 1.54) is 43.6 Å². The summed E-state index contributed by atoms with van der Waals surface area (Å²) in [6.07, 6.45) is -14.0. The summed E-state index contributed by atoms with van der Waals surface area (Å²) in [6.45, 7) is 21.3. The van der Waals surface area contributed by atoms with E-state index in [0.29, 0.717) is 11.1 Å². The molecule has 0 spiro atoms. The van der Waals surface area contributed by atoms with Crippen LogP contribution >= 0.6 is 23.9 Å². The molecule has 4 aliphatic heterocycles. The van der Waals surface area contributed by atoms with Gasteiger partial charge in [0.1, 0.15) is 86.2 Å². The molecule has 16 atom stereocenters. The maximum atomic E-state index is 16.4. The van der Waals surface area contributed by atoms with Gasteiger partial charge in [-0.25, -0.2) is 49.0 Å². The number of aliphatic hydroxyl groups excluding tert-OH is 2. The maximum Gasteiger partial charge on any atom is 0.475 e. The number of aliphatic hydroxyl groups is 2. The van der Waals surface area contributed by atoms with Gasteiger partial charge in [-0.1, -0.05) is 106 Å². The van der Waals surface area contributed by atoms with Gasteiger partial charge >= 0.3 is 23.9 Å². The van der Waals surface area contributed by atoms with E-state index in [1.54, 1.807) is 88.4 Å². The van der Waals surface area contributed by atoms with Gasteiger partial charge in [0.25, 0.3) is 22.9 Å². The number of aromatic amines is 2. The molecule has 4 saturated heterocycles. The third-order valence-electron chi connectivity index (χ3n) is 23.3. The number of imidazole rings is 4. The van der Waals surface area contributed by atoms with Gasteiger partial charge < -0.3 is 48.6 Å². The zero-order valence-corrected chi connectivity index (χ0v) is 79.2. The number of nitrogens with zero attached hydrogens (tertiary/aromatic N) is 16. The number of hydrogen-bond donors (Lipinski definition) is 8. The average molecular weight is 1920 g/mol. The molecule has 52 heteroatoms. The fraction of sp³-hybridized carbons (Fsp3) is 0.525. The Balaban J connectivity index is 0.822. The molecule has 4 aliphatic rings. The molecule has 0 saturated carbocycles. The Bertz CT molecular complexity index is 5850. The molecule has 706 valence electrons. The SMILES string of the molecule is CC(C)C(=O)Nc1nc2c(ncn2[C@@H]2O[C@H](COP(=O)(OCCC#N)O[C@H]3C[C@H](n4cnc5c(NC(=O)c6ccccc6)ncnc54)O[C@@H]3CO)[C@@H](O[Si](C)(C)C(C)(C)C)[C@H]2O[PH](=O)O[C@@H]2[C@H](O[Si](C)(C)C(C)(C)C)[C@@H](COP(=O)(OCCC#N)O[C@H]3C[C@H](n4cnc5c(NC(=O)c6ccccc6)ncnc54)O[C@@H]3CO)O[C@H]2n2cnc3c(=O)[nH]c(NC(=O)C(C)C)nc32)c(=O)[nH]1. The Morgan fingerprint density at radius 1 is 0.523 bits per heavy atom. The largest absolute Gasteiger partial charge is 0.475 e. The number of fused-ring (bicyclic) bond motifs is 4. The standard InChI is InChI=1S/C80H103N22O25P3Si2/c1-43(2)69(105)95-77-93-67-57(73(109)97-77)89-41-101(67)75-61(59(126-131(11,12)79(5,6)7)51(120-75)35-116-129(112,114-29-21-27-81)124-47-31-53(118-49(47)33-103)99-39-87-55-63(83-37-85-65(55)99)91-71(107)45-23-17-15-18-24-45)122-128(111)123-62-60(127-132(13,14)80(8,9)10)52(121-76(62)102-42-90-58-68(102)94-78(98-74(58)110)96-70(106)44(3)4)36-117-130(113,115-30-22-28-82)125-48-32-54(119-50(48)34-104)100-40-88-56-64(84-38-86-66(56)100)92-72(108)46-25-19-16-20-26-46/h15-20,23-26,37-44,47-54,59-62,75-76,103-104,128H,21-22,29-36H2,1-14H3,(H,83,85,91,107)(H,84,86,92,108)(H2,93,95,97,105,109)(H2,94,96,98,106,110)/t47-,48-,49+,50+,51+,52+,53+,54+,59+,60+,61+,62+,75+,76+,129?,130?/m0/s1. The summed E-state index contributed by atoms with van der Waals surface area (Å²) in [7, 11) is -21.1. The van der Waals surface area contributed by atoms with Crippen molar-refractivity contribution in [2.45, 2.75) is 217 Å². The molecule has 0 aliphatic carbocycles. The van der Waals surface area contributed by atoms with E-state index in [1.807, 2.05) is 79.9 Å². The van der Waals surface area contributed by atoms with E-state index in [4.69, 9.17) is 64.0 Å². The summed E-state index contributed by atoms with van der Waals surface area (Å²) >= 11 is 0. The smallest absolute Gasteiger partial charge is 0.408 e. The second kappa shape index (κ2) is 40.4. The number of aromatic nitrogens is 16. The number of ether oxygens (including phenoxy) is 4. The Hall–Kier alpha value is -10.4. The number of carbonyl (C=O) groups is 4. The van der Waals surface area contributed by atoms with E-state index in [2.05, 4.69) is 81.1 Å². The number of benzene rings is 2. The van der Waals surface area contributed by atoms with Crippen molar-refractivity contribution in [3.05, 3.63) is 130 Å². The molecule has 14 rings (SSSR count). The summed E-state index contributed by atoms with van der Waals surface area (Å²) in [6, 6.07) is 20.7. The number of carbonyl (C=O) groups excluding carboxylic acids is 4. The number of H-pyrrole nitrogens is 2. The van der Waals surface area contributed by atoms with Crippen LogP contribution in [-0.4, -0.2) is 229 Å². The summed E-state index contributed by atoms with van der Waals surface area (Å²) in [5, 5.41) is 51.0. The van der Waals surface area contributed by atoms with Crippen LogP contribution in [0.2, 0.25) is 36.3 Å². The molecule has 0 bridgehead atoms. The second-order valence-corrected chi connectivity index (χ2v) is 48.8. The molecule has 4 fully saturated rings. The lowest BCUT2D eigenvalue weighted by Gasteiger charge is -2.41. The van der Waals surface area contributed by atoms with Gasteiger partial charge in [0.15, 0.2) is 85.4 Å². The van der Waals surface area contributed by atoms with Gasteiger partial charge in [0, 0.05) is 35.8 Å². The molecule has 8 aromatic heterocycles. The van der Waals surface area contributed by atoms with Crippen molar-refractivity contribution in [1.29, 1.82) is 10.5 Å². The van der Waals surface area contributed by atoms with Crippen LogP contribution < -0.4 is 32.4 Å². The van der Waals surface area contributed by atoms with E-state index >= 15 is 13.7 Å². The lowest BCUT2D eigenvalue weighted by molar-refractivity contribution is -0.119. The first kappa shape index (κ1) is 97.6. The Labute approximate surface area is 756 Å². The third kappa shape index (κ3) is 21.5. The van der Waals surface area contributed by atoms with Gasteiger partial charge in [-0.15, -0.1) is 0 Å². The third-order valence-corrected chi connectivity index (χ3v) is 36.2. The van der Waals surface area contributed by atoms with Crippen molar-refractivity contribution in [3.8, 4) is 12.1 Å². The lowest BCUT2D eigenvalue weighted by Crippen LogP contribution is -2.50. The molecule has 12 heterocycles. The monoisotopic (exact) mass is 1920 g/mol. The first-order valence-electron chi connectivity index (χ1n) is 42.3. The molecule has 2 aromatic carbocycles. The van der Waals surface area contributed by atoms with Crippen LogP contribution in [0.1, 0.15) is 141 Å². The minimum atomic E-state index is -5.08. The van der Waals surface area contributed by atoms with Crippen molar-refractivity contribution >= 4 is 132 Å². The number of anilines is 4. The summed E-state index contributed by atoms with van der Waals surface area (Å²) in [5.41, 5.74) is -1.35. The van der Waals surface area contributed by atoms with Crippen molar-refractivity contribution < 1.29 is 107 Å². The number of amides is 4. The van der Waals surface area contributed by atoms with Crippen LogP contribution in [0.25, 0.3) is 44.7 Å². The van der Waals surface area contributed by atoms with E-state index < -0.39 is 223 Å². The van der Waals surface area contributed by atoms with Crippen molar-refractivity contribution in [3.63, 3.8) is 0 Å². The van der Waals surface area contributed by atoms with Crippen molar-refractivity contribution in [2.24, 2.45) is 11.8 Å². The molecular formula is C80H103N22O25P3Si2.